The number of H-pyrrole nitrogens is 1. The molecule has 21 heavy (non-hydrogen) atoms. The number of aromatic amines is 1. The first-order valence-electron chi connectivity index (χ1n) is 5.80. The Morgan fingerprint density at radius 3 is 2.86 bits per heavy atom. The molecule has 0 fully saturated rings. The van der Waals surface area contributed by atoms with Crippen LogP contribution in [-0.2, 0) is 9.53 Å². The van der Waals surface area contributed by atoms with Crippen LogP contribution >= 0.6 is 23.7 Å². The van der Waals surface area contributed by atoms with E-state index in [9.17, 15) is 9.59 Å². The van der Waals surface area contributed by atoms with E-state index in [0.717, 1.165) is 5.56 Å². The van der Waals surface area contributed by atoms with E-state index >= 15 is 0 Å². The van der Waals surface area contributed by atoms with Crippen LogP contribution in [0.4, 0.5) is 5.13 Å². The van der Waals surface area contributed by atoms with Gasteiger partial charge in [0.15, 0.2) is 5.13 Å². The van der Waals surface area contributed by atoms with Gasteiger partial charge in [-0.25, -0.2) is 9.78 Å². The number of nitrogens with one attached hydrogen (secondary N) is 2. The van der Waals surface area contributed by atoms with Crippen molar-refractivity contribution in [2.45, 2.75) is 13.0 Å². The molecule has 1 amide bonds. The van der Waals surface area contributed by atoms with E-state index < -0.39 is 12.0 Å². The second-order valence-corrected chi connectivity index (χ2v) is 4.97. The van der Waals surface area contributed by atoms with Crippen molar-refractivity contribution in [3.63, 3.8) is 0 Å². The highest BCUT2D eigenvalue weighted by atomic mass is 35.5. The molecule has 7 nitrogen and oxygen atoms in total. The van der Waals surface area contributed by atoms with Crippen LogP contribution in [0.5, 0.6) is 0 Å². The molecular formula is C12H15ClN4O3S. The van der Waals surface area contributed by atoms with Crippen LogP contribution in [0.15, 0.2) is 17.6 Å². The SMILES string of the molecule is COC(=O)c1cc(-c2csc(NC(=O)[C@H](C)N)n2)c[nH]1.Cl. The van der Waals surface area contributed by atoms with Gasteiger partial charge in [0.2, 0.25) is 5.91 Å². The number of methoxy groups -OCH3 is 1. The zero-order valence-corrected chi connectivity index (χ0v) is 13.0. The van der Waals surface area contributed by atoms with Crippen molar-refractivity contribution in [2.24, 2.45) is 5.73 Å². The molecule has 0 aliphatic rings. The second kappa shape index (κ2) is 7.21. The van der Waals surface area contributed by atoms with Gasteiger partial charge in [-0.05, 0) is 13.0 Å². The molecule has 0 saturated heterocycles. The first kappa shape index (κ1) is 17.2. The number of thiazole rings is 1. The predicted octanol–water partition coefficient (Wildman–Crippen LogP) is 1.63. The number of hydrogen-bond donors (Lipinski definition) is 3. The lowest BCUT2D eigenvalue weighted by Crippen LogP contribution is -2.32. The van der Waals surface area contributed by atoms with Gasteiger partial charge in [0.05, 0.1) is 18.8 Å². The summed E-state index contributed by atoms with van der Waals surface area (Å²) >= 11 is 1.28. The molecule has 2 rings (SSSR count). The van der Waals surface area contributed by atoms with Crippen molar-refractivity contribution in [2.75, 3.05) is 12.4 Å². The molecule has 0 unspecified atom stereocenters. The topological polar surface area (TPSA) is 110 Å². The van der Waals surface area contributed by atoms with Gasteiger partial charge in [0.25, 0.3) is 0 Å². The molecule has 0 aromatic carbocycles. The normalized spacial score (nSPS) is 11.4. The molecule has 0 aliphatic heterocycles. The first-order valence-corrected chi connectivity index (χ1v) is 6.68. The summed E-state index contributed by atoms with van der Waals surface area (Å²) in [5.74, 6) is -0.743. The van der Waals surface area contributed by atoms with E-state index in [-0.39, 0.29) is 18.3 Å². The Balaban J connectivity index is 0.00000220. The summed E-state index contributed by atoms with van der Waals surface area (Å²) in [5, 5.41) is 4.85. The van der Waals surface area contributed by atoms with Crippen LogP contribution in [0.3, 0.4) is 0 Å². The smallest absolute Gasteiger partial charge is 0.354 e. The summed E-state index contributed by atoms with van der Waals surface area (Å²) < 4.78 is 4.61. The fourth-order valence-electron chi connectivity index (χ4n) is 1.45. The maximum absolute atomic E-state index is 11.5. The summed E-state index contributed by atoms with van der Waals surface area (Å²) in [6.07, 6.45) is 1.65. The summed E-state index contributed by atoms with van der Waals surface area (Å²) in [6.45, 7) is 1.60. The average molecular weight is 331 g/mol. The van der Waals surface area contributed by atoms with Crippen molar-refractivity contribution >= 4 is 40.8 Å². The van der Waals surface area contributed by atoms with Crippen LogP contribution in [0.2, 0.25) is 0 Å². The first-order chi connectivity index (χ1) is 9.51. The molecule has 1 atom stereocenters. The minimum Gasteiger partial charge on any atom is -0.464 e. The monoisotopic (exact) mass is 330 g/mol. The molecule has 9 heteroatoms. The summed E-state index contributed by atoms with van der Waals surface area (Å²) in [7, 11) is 1.31. The number of esters is 1. The minimum atomic E-state index is -0.597. The van der Waals surface area contributed by atoms with Crippen molar-refractivity contribution in [1.82, 2.24) is 9.97 Å². The van der Waals surface area contributed by atoms with Crippen molar-refractivity contribution in [3.05, 3.63) is 23.3 Å². The summed E-state index contributed by atoms with van der Waals surface area (Å²) in [4.78, 5) is 29.9. The number of anilines is 1. The number of carbonyl (C=O) groups is 2. The van der Waals surface area contributed by atoms with Gasteiger partial charge in [-0.2, -0.15) is 0 Å². The Labute approximate surface area is 131 Å². The molecule has 0 saturated carbocycles. The summed E-state index contributed by atoms with van der Waals surface area (Å²) in [6, 6.07) is 1.04. The molecule has 114 valence electrons. The van der Waals surface area contributed by atoms with Gasteiger partial charge in [0.1, 0.15) is 5.69 Å². The molecule has 2 aromatic heterocycles. The maximum Gasteiger partial charge on any atom is 0.354 e. The minimum absolute atomic E-state index is 0. The van der Waals surface area contributed by atoms with E-state index in [0.29, 0.717) is 16.5 Å². The van der Waals surface area contributed by atoms with Gasteiger partial charge >= 0.3 is 5.97 Å². The molecule has 0 radical (unpaired) electrons. The van der Waals surface area contributed by atoms with E-state index in [1.54, 1.807) is 24.6 Å². The third-order valence-corrected chi connectivity index (χ3v) is 3.29. The van der Waals surface area contributed by atoms with E-state index in [4.69, 9.17) is 5.73 Å². The van der Waals surface area contributed by atoms with Crippen LogP contribution in [-0.4, -0.2) is 35.0 Å². The van der Waals surface area contributed by atoms with Crippen molar-refractivity contribution in [1.29, 1.82) is 0 Å². The highest BCUT2D eigenvalue weighted by Gasteiger charge is 2.13. The molecule has 0 spiro atoms. The second-order valence-electron chi connectivity index (χ2n) is 4.11. The highest BCUT2D eigenvalue weighted by Crippen LogP contribution is 2.25. The maximum atomic E-state index is 11.5. The quantitative estimate of drug-likeness (QED) is 0.738. The number of ether oxygens (including phenoxy) is 1. The van der Waals surface area contributed by atoms with Gasteiger partial charge in [-0.3, -0.25) is 4.79 Å². The fourth-order valence-corrected chi connectivity index (χ4v) is 2.18. The zero-order valence-electron chi connectivity index (χ0n) is 11.4. The number of halogens is 1. The molecule has 2 aromatic rings. The average Bonchev–Trinajstić information content (AvgIpc) is 3.05. The van der Waals surface area contributed by atoms with Gasteiger partial charge in [-0.1, -0.05) is 0 Å². The van der Waals surface area contributed by atoms with E-state index in [2.05, 4.69) is 20.0 Å². The van der Waals surface area contributed by atoms with Crippen molar-refractivity contribution < 1.29 is 14.3 Å². The van der Waals surface area contributed by atoms with Gasteiger partial charge in [-0.15, -0.1) is 23.7 Å². The number of hydrogen-bond acceptors (Lipinski definition) is 6. The molecule has 0 bridgehead atoms. The zero-order chi connectivity index (χ0) is 14.7. The number of rotatable bonds is 4. The Morgan fingerprint density at radius 2 is 2.24 bits per heavy atom. The third kappa shape index (κ3) is 4.03. The molecular weight excluding hydrogens is 316 g/mol. The lowest BCUT2D eigenvalue weighted by Gasteiger charge is -2.03. The summed E-state index contributed by atoms with van der Waals surface area (Å²) in [5.41, 5.74) is 7.20. The Bertz CT molecular complexity index is 638. The van der Waals surface area contributed by atoms with Crippen molar-refractivity contribution in [3.8, 4) is 11.3 Å². The van der Waals surface area contributed by atoms with Gasteiger partial charge < -0.3 is 20.8 Å². The fraction of sp³-hybridized carbons (Fsp3) is 0.250. The number of nitrogens with two attached hydrogens (primary N) is 1. The standard InChI is InChI=1S/C12H14N4O3S.ClH/c1-6(13)10(17)16-12-15-9(5-20-12)7-3-8(14-4-7)11(18)19-2;/h3-6,14H,13H2,1-2H3,(H,15,16,17);1H/t6-;/m0./s1. The lowest BCUT2D eigenvalue weighted by molar-refractivity contribution is -0.117. The Morgan fingerprint density at radius 1 is 1.52 bits per heavy atom. The van der Waals surface area contributed by atoms with Crippen LogP contribution in [0.25, 0.3) is 11.3 Å². The lowest BCUT2D eigenvalue weighted by atomic mass is 10.2. The largest absolute Gasteiger partial charge is 0.464 e. The van der Waals surface area contributed by atoms with Gasteiger partial charge in [0, 0.05) is 17.1 Å². The van der Waals surface area contributed by atoms with Crippen LogP contribution < -0.4 is 11.1 Å². The van der Waals surface area contributed by atoms with Crippen LogP contribution in [0, 0.1) is 0 Å². The number of aromatic nitrogens is 2. The number of nitrogens with zero attached hydrogens (tertiary/aromatic N) is 1. The van der Waals surface area contributed by atoms with E-state index in [1.807, 2.05) is 0 Å². The molecule has 0 aliphatic carbocycles. The van der Waals surface area contributed by atoms with E-state index in [1.165, 1.54) is 18.4 Å². The predicted molar refractivity (Wildman–Crippen MR) is 82.8 cm³/mol. The Kier molecular flexibility index (Phi) is 5.89. The highest BCUT2D eigenvalue weighted by molar-refractivity contribution is 7.14. The molecule has 2 heterocycles. The Hall–Kier alpha value is -1.90. The number of amides is 1. The van der Waals surface area contributed by atoms with Crippen LogP contribution in [0.1, 0.15) is 17.4 Å². The third-order valence-electron chi connectivity index (χ3n) is 2.53. The number of carbonyl (C=O) groups excluding carboxylic acids is 2. The molecule has 4 N–H and O–H groups in total.